The molecular weight excluding hydrogens is 442 g/mol. The lowest BCUT2D eigenvalue weighted by molar-refractivity contribution is -0.142. The molecule has 1 aromatic heterocycles. The number of nitrogens with zero attached hydrogens (tertiary/aromatic N) is 3. The third kappa shape index (κ3) is 5.85. The van der Waals surface area contributed by atoms with Crippen molar-refractivity contribution in [3.8, 4) is 0 Å². The summed E-state index contributed by atoms with van der Waals surface area (Å²) in [5, 5.41) is 17.9. The maximum absolute atomic E-state index is 13.0. The van der Waals surface area contributed by atoms with Crippen molar-refractivity contribution in [3.05, 3.63) is 24.3 Å². The van der Waals surface area contributed by atoms with Crippen LogP contribution in [0.3, 0.4) is 0 Å². The molecule has 7 atom stereocenters. The summed E-state index contributed by atoms with van der Waals surface area (Å²) < 4.78 is 0. The number of hydrogen-bond acceptors (Lipinski definition) is 6. The van der Waals surface area contributed by atoms with Gasteiger partial charge in [-0.15, -0.1) is 0 Å². The Bertz CT molecular complexity index is 862. The molecule has 2 heterocycles. The molecule has 2 amide bonds. The zero-order valence-corrected chi connectivity index (χ0v) is 21.6. The highest BCUT2D eigenvalue weighted by Gasteiger charge is 2.53. The number of nitrogens with one attached hydrogen (secondary N) is 2. The highest BCUT2D eigenvalue weighted by molar-refractivity contribution is 5.92. The quantitative estimate of drug-likeness (QED) is 0.548. The molecule has 3 fully saturated rings. The Labute approximate surface area is 209 Å². The summed E-state index contributed by atoms with van der Waals surface area (Å²) in [6, 6.07) is -0.0374. The van der Waals surface area contributed by atoms with Crippen LogP contribution in [0.15, 0.2) is 18.6 Å². The van der Waals surface area contributed by atoms with Gasteiger partial charge in [-0.1, -0.05) is 27.2 Å². The van der Waals surface area contributed by atoms with E-state index in [1.54, 1.807) is 6.20 Å². The third-order valence-corrected chi connectivity index (χ3v) is 9.23. The van der Waals surface area contributed by atoms with Crippen LogP contribution in [0, 0.1) is 29.1 Å². The second-order valence-corrected chi connectivity index (χ2v) is 11.4. The number of aliphatic hydroxyl groups is 1. The summed E-state index contributed by atoms with van der Waals surface area (Å²) in [5.41, 5.74) is 0.332. The smallest absolute Gasteiger partial charge is 0.271 e. The molecule has 1 aliphatic heterocycles. The molecule has 3 aliphatic rings. The van der Waals surface area contributed by atoms with Crippen LogP contribution in [0.5, 0.6) is 0 Å². The van der Waals surface area contributed by atoms with Gasteiger partial charge in [0.05, 0.1) is 12.3 Å². The molecule has 2 aliphatic carbocycles. The number of carbonyl (C=O) groups is 2. The predicted octanol–water partition coefficient (Wildman–Crippen LogP) is 2.64. The topological polar surface area (TPSA) is 107 Å². The van der Waals surface area contributed by atoms with Crippen molar-refractivity contribution >= 4 is 11.8 Å². The van der Waals surface area contributed by atoms with E-state index >= 15 is 0 Å². The first kappa shape index (κ1) is 26.0. The highest BCUT2D eigenvalue weighted by Crippen LogP contribution is 2.55. The van der Waals surface area contributed by atoms with Gasteiger partial charge >= 0.3 is 0 Å². The molecular formula is C27H43N5O3. The van der Waals surface area contributed by atoms with Gasteiger partial charge in [0.15, 0.2) is 0 Å². The first-order valence-corrected chi connectivity index (χ1v) is 13.5. The van der Waals surface area contributed by atoms with Gasteiger partial charge < -0.3 is 20.6 Å². The largest absolute Gasteiger partial charge is 0.392 e. The summed E-state index contributed by atoms with van der Waals surface area (Å²) in [4.78, 5) is 36.3. The van der Waals surface area contributed by atoms with Gasteiger partial charge in [0.2, 0.25) is 5.91 Å². The van der Waals surface area contributed by atoms with Crippen LogP contribution in [-0.2, 0) is 4.79 Å². The van der Waals surface area contributed by atoms with Crippen molar-refractivity contribution in [1.29, 1.82) is 0 Å². The summed E-state index contributed by atoms with van der Waals surface area (Å²) in [5.74, 6) is -0.350. The average Bonchev–Trinajstić information content (AvgIpc) is 2.86. The molecule has 0 unspecified atom stereocenters. The number of aromatic nitrogens is 2. The molecule has 4 rings (SSSR count). The second kappa shape index (κ2) is 11.3. The lowest BCUT2D eigenvalue weighted by Gasteiger charge is -2.56. The van der Waals surface area contributed by atoms with Gasteiger partial charge in [-0.05, 0) is 74.8 Å². The number of carbonyl (C=O) groups excluding carboxylic acids is 2. The second-order valence-electron chi connectivity index (χ2n) is 11.4. The molecule has 8 nitrogen and oxygen atoms in total. The molecule has 0 radical (unpaired) electrons. The van der Waals surface area contributed by atoms with E-state index in [4.69, 9.17) is 0 Å². The van der Waals surface area contributed by atoms with E-state index in [1.165, 1.54) is 31.7 Å². The number of aliphatic hydroxyl groups excluding tert-OH is 1. The van der Waals surface area contributed by atoms with Crippen molar-refractivity contribution in [2.45, 2.75) is 77.9 Å². The van der Waals surface area contributed by atoms with E-state index in [9.17, 15) is 14.7 Å². The zero-order valence-electron chi connectivity index (χ0n) is 21.6. The first-order valence-electron chi connectivity index (χ1n) is 13.5. The fourth-order valence-corrected chi connectivity index (χ4v) is 7.03. The highest BCUT2D eigenvalue weighted by atomic mass is 16.3. The van der Waals surface area contributed by atoms with Crippen LogP contribution in [0.4, 0.5) is 0 Å². The normalized spacial score (nSPS) is 34.5. The lowest BCUT2D eigenvalue weighted by Crippen LogP contribution is -2.58. The standard InChI is InChI=1S/C27H43N5O3/c1-18(25(34)30-13-16-32-14-5-4-6-15-32)20-7-9-27(3)10-8-21(19(2)23(27)24(20)33)31-26(35)22-17-28-11-12-29-22/h11-12,17-21,23-24,33H,4-10,13-16H2,1-3H3,(H,30,34)(H,31,35)/t18-,19-,20-,21-,23+,24-,27+/m0/s1. The van der Waals surface area contributed by atoms with E-state index in [1.807, 2.05) is 6.92 Å². The fraction of sp³-hybridized carbons (Fsp3) is 0.778. The van der Waals surface area contributed by atoms with E-state index in [0.717, 1.165) is 45.3 Å². The number of amides is 2. The fourth-order valence-electron chi connectivity index (χ4n) is 7.03. The van der Waals surface area contributed by atoms with Gasteiger partial charge in [0.1, 0.15) is 5.69 Å². The molecule has 194 valence electrons. The number of hydrogen-bond donors (Lipinski definition) is 3. The van der Waals surface area contributed by atoms with Crippen molar-refractivity contribution in [2.75, 3.05) is 26.2 Å². The van der Waals surface area contributed by atoms with Crippen LogP contribution in [0.2, 0.25) is 0 Å². The van der Waals surface area contributed by atoms with Crippen molar-refractivity contribution in [3.63, 3.8) is 0 Å². The Morgan fingerprint density at radius 1 is 1.20 bits per heavy atom. The van der Waals surface area contributed by atoms with Gasteiger partial charge in [-0.3, -0.25) is 14.6 Å². The Kier molecular flexibility index (Phi) is 8.42. The molecule has 8 heteroatoms. The van der Waals surface area contributed by atoms with Crippen LogP contribution in [0.25, 0.3) is 0 Å². The molecule has 0 aromatic carbocycles. The first-order chi connectivity index (χ1) is 16.8. The summed E-state index contributed by atoms with van der Waals surface area (Å²) in [6.45, 7) is 10.2. The SMILES string of the molecule is C[C@@H]1[C@@H]2[C@@H](O)[C@H]([C@H](C)C(=O)NCCN3CCCCC3)CC[C@]2(C)CC[C@@H]1NC(=O)c1cnccn1. The van der Waals surface area contributed by atoms with Crippen molar-refractivity contribution in [2.24, 2.45) is 29.1 Å². The molecule has 0 bridgehead atoms. The molecule has 3 N–H and O–H groups in total. The molecule has 0 spiro atoms. The van der Waals surface area contributed by atoms with E-state index in [2.05, 4.69) is 39.3 Å². The number of fused-ring (bicyclic) bond motifs is 1. The summed E-state index contributed by atoms with van der Waals surface area (Å²) in [6.07, 6.45) is 11.5. The van der Waals surface area contributed by atoms with Gasteiger partial charge in [0, 0.05) is 37.4 Å². The Morgan fingerprint density at radius 2 is 1.94 bits per heavy atom. The maximum atomic E-state index is 13.0. The Balaban J connectivity index is 1.36. The lowest BCUT2D eigenvalue weighted by atomic mass is 9.51. The van der Waals surface area contributed by atoms with Crippen LogP contribution in [-0.4, -0.2) is 70.1 Å². The number of likely N-dealkylation sites (tertiary alicyclic amines) is 1. The summed E-state index contributed by atoms with van der Waals surface area (Å²) in [7, 11) is 0. The van der Waals surface area contributed by atoms with Gasteiger partial charge in [-0.2, -0.15) is 0 Å². The Hall–Kier alpha value is -2.06. The molecule has 1 saturated heterocycles. The average molecular weight is 486 g/mol. The molecule has 2 saturated carbocycles. The maximum Gasteiger partial charge on any atom is 0.271 e. The minimum absolute atomic E-state index is 0.0214. The molecule has 35 heavy (non-hydrogen) atoms. The predicted molar refractivity (Wildman–Crippen MR) is 134 cm³/mol. The number of piperidine rings is 1. The summed E-state index contributed by atoms with van der Waals surface area (Å²) >= 11 is 0. The minimum atomic E-state index is -0.567. The van der Waals surface area contributed by atoms with Crippen LogP contribution >= 0.6 is 0 Å². The van der Waals surface area contributed by atoms with Gasteiger partial charge in [0.25, 0.3) is 5.91 Å². The minimum Gasteiger partial charge on any atom is -0.392 e. The molecule has 1 aromatic rings. The van der Waals surface area contributed by atoms with Crippen molar-refractivity contribution in [1.82, 2.24) is 25.5 Å². The third-order valence-electron chi connectivity index (χ3n) is 9.23. The van der Waals surface area contributed by atoms with Crippen LogP contribution < -0.4 is 10.6 Å². The van der Waals surface area contributed by atoms with E-state index in [-0.39, 0.29) is 46.9 Å². The van der Waals surface area contributed by atoms with E-state index < -0.39 is 6.10 Å². The van der Waals surface area contributed by atoms with E-state index in [0.29, 0.717) is 12.2 Å². The van der Waals surface area contributed by atoms with Crippen LogP contribution in [0.1, 0.15) is 76.2 Å². The zero-order chi connectivity index (χ0) is 25.0. The van der Waals surface area contributed by atoms with Crippen molar-refractivity contribution < 1.29 is 14.7 Å². The van der Waals surface area contributed by atoms with Gasteiger partial charge in [-0.25, -0.2) is 4.98 Å². The monoisotopic (exact) mass is 485 g/mol. The Morgan fingerprint density at radius 3 is 2.66 bits per heavy atom. The number of rotatable bonds is 7.